The van der Waals surface area contributed by atoms with Crippen LogP contribution >= 0.6 is 0 Å². The number of benzene rings is 2. The molecule has 0 aliphatic heterocycles. The van der Waals surface area contributed by atoms with Gasteiger partial charge in [-0.3, -0.25) is 9.59 Å². The maximum absolute atomic E-state index is 13.1. The van der Waals surface area contributed by atoms with Gasteiger partial charge < -0.3 is 14.8 Å². The van der Waals surface area contributed by atoms with Crippen molar-refractivity contribution in [3.63, 3.8) is 0 Å². The van der Waals surface area contributed by atoms with Crippen LogP contribution in [0.5, 0.6) is 5.75 Å². The van der Waals surface area contributed by atoms with Crippen LogP contribution in [0.25, 0.3) is 10.8 Å². The number of anilines is 1. The van der Waals surface area contributed by atoms with Gasteiger partial charge in [-0.05, 0) is 38.1 Å². The molecule has 1 N–H and O–H groups in total. The Morgan fingerprint density at radius 2 is 1.76 bits per heavy atom. The summed E-state index contributed by atoms with van der Waals surface area (Å²) in [6, 6.07) is 11.2. The summed E-state index contributed by atoms with van der Waals surface area (Å²) in [4.78, 5) is 37.8. The summed E-state index contributed by atoms with van der Waals surface area (Å²) in [6.45, 7) is 3.62. The van der Waals surface area contributed by atoms with Crippen molar-refractivity contribution >= 4 is 28.3 Å². The minimum Gasteiger partial charge on any atom is -0.497 e. The molecule has 150 valence electrons. The van der Waals surface area contributed by atoms with Gasteiger partial charge in [0.1, 0.15) is 5.75 Å². The van der Waals surface area contributed by atoms with Crippen LogP contribution in [0.2, 0.25) is 0 Å². The lowest BCUT2D eigenvalue weighted by molar-refractivity contribution is 0.0601. The van der Waals surface area contributed by atoms with Crippen molar-refractivity contribution in [2.45, 2.75) is 19.9 Å². The predicted octanol–water partition coefficient (Wildman–Crippen LogP) is 3.02. The minimum absolute atomic E-state index is 0.0838. The molecule has 3 rings (SSSR count). The molecule has 0 spiro atoms. The fourth-order valence-electron chi connectivity index (χ4n) is 2.94. The molecule has 0 saturated heterocycles. The van der Waals surface area contributed by atoms with E-state index in [2.05, 4.69) is 10.4 Å². The van der Waals surface area contributed by atoms with Crippen LogP contribution in [-0.2, 0) is 4.74 Å². The Morgan fingerprint density at radius 3 is 2.38 bits per heavy atom. The summed E-state index contributed by atoms with van der Waals surface area (Å²) in [5.41, 5.74) is 0.199. The normalized spacial score (nSPS) is 10.8. The van der Waals surface area contributed by atoms with Crippen molar-refractivity contribution in [2.75, 3.05) is 19.5 Å². The summed E-state index contributed by atoms with van der Waals surface area (Å²) in [5.74, 6) is -0.726. The molecule has 0 aliphatic carbocycles. The van der Waals surface area contributed by atoms with Gasteiger partial charge in [-0.1, -0.05) is 18.2 Å². The van der Waals surface area contributed by atoms with E-state index in [4.69, 9.17) is 9.47 Å². The number of ether oxygens (including phenoxy) is 2. The monoisotopic (exact) mass is 395 g/mol. The van der Waals surface area contributed by atoms with Gasteiger partial charge >= 0.3 is 5.97 Å². The number of aromatic nitrogens is 2. The van der Waals surface area contributed by atoms with Crippen molar-refractivity contribution < 1.29 is 19.1 Å². The number of carbonyl (C=O) groups is 2. The maximum atomic E-state index is 13.1. The Morgan fingerprint density at radius 1 is 1.07 bits per heavy atom. The zero-order valence-electron chi connectivity index (χ0n) is 16.6. The number of rotatable bonds is 5. The first-order chi connectivity index (χ1) is 13.9. The highest BCUT2D eigenvalue weighted by molar-refractivity contribution is 6.13. The molecule has 1 amide bonds. The molecule has 8 heteroatoms. The maximum Gasteiger partial charge on any atom is 0.340 e. The topological polar surface area (TPSA) is 99.5 Å². The average Bonchev–Trinajstić information content (AvgIpc) is 2.73. The number of fused-ring (bicyclic) bond motifs is 1. The van der Waals surface area contributed by atoms with Crippen LogP contribution < -0.4 is 15.6 Å². The van der Waals surface area contributed by atoms with Gasteiger partial charge in [-0.15, -0.1) is 0 Å². The van der Waals surface area contributed by atoms with E-state index >= 15 is 0 Å². The van der Waals surface area contributed by atoms with Gasteiger partial charge in [-0.25, -0.2) is 9.48 Å². The third-order valence-electron chi connectivity index (χ3n) is 4.41. The Kier molecular flexibility index (Phi) is 5.63. The summed E-state index contributed by atoms with van der Waals surface area (Å²) in [5, 5.41) is 7.80. The Hall–Kier alpha value is -3.68. The smallest absolute Gasteiger partial charge is 0.340 e. The first-order valence-electron chi connectivity index (χ1n) is 8.96. The van der Waals surface area contributed by atoms with Crippen LogP contribution in [0.3, 0.4) is 0 Å². The number of hydrogen-bond donors (Lipinski definition) is 1. The van der Waals surface area contributed by atoms with Crippen LogP contribution in [0, 0.1) is 0 Å². The third-order valence-corrected chi connectivity index (χ3v) is 4.41. The van der Waals surface area contributed by atoms with Gasteiger partial charge in [0, 0.05) is 5.39 Å². The number of methoxy groups -OCH3 is 2. The Balaban J connectivity index is 2.11. The summed E-state index contributed by atoms with van der Waals surface area (Å²) < 4.78 is 11.2. The second-order valence-electron chi connectivity index (χ2n) is 6.59. The van der Waals surface area contributed by atoms with Crippen molar-refractivity contribution in [3.8, 4) is 5.75 Å². The molecule has 0 radical (unpaired) electrons. The summed E-state index contributed by atoms with van der Waals surface area (Å²) >= 11 is 0. The number of nitrogens with one attached hydrogen (secondary N) is 1. The van der Waals surface area contributed by atoms with Crippen molar-refractivity contribution in [1.82, 2.24) is 9.78 Å². The van der Waals surface area contributed by atoms with Crippen LogP contribution in [0.4, 0.5) is 5.69 Å². The van der Waals surface area contributed by atoms with E-state index < -0.39 is 11.9 Å². The van der Waals surface area contributed by atoms with Gasteiger partial charge in [-0.2, -0.15) is 5.10 Å². The lowest BCUT2D eigenvalue weighted by Gasteiger charge is -2.15. The number of hydrogen-bond acceptors (Lipinski definition) is 6. The van der Waals surface area contributed by atoms with Crippen molar-refractivity contribution in [2.24, 2.45) is 0 Å². The van der Waals surface area contributed by atoms with Gasteiger partial charge in [0.15, 0.2) is 5.69 Å². The SMILES string of the molecule is COC(=O)c1cc(OC)ccc1NC(=O)c1nn(C(C)C)c(=O)c2ccccc12. The molecule has 1 heterocycles. The fourth-order valence-corrected chi connectivity index (χ4v) is 2.94. The van der Waals surface area contributed by atoms with E-state index in [-0.39, 0.29) is 28.5 Å². The van der Waals surface area contributed by atoms with Gasteiger partial charge in [0.25, 0.3) is 11.5 Å². The Labute approximate surface area is 167 Å². The highest BCUT2D eigenvalue weighted by atomic mass is 16.5. The minimum atomic E-state index is -0.621. The molecule has 8 nitrogen and oxygen atoms in total. The molecule has 0 saturated carbocycles. The zero-order chi connectivity index (χ0) is 21.1. The average molecular weight is 395 g/mol. The van der Waals surface area contributed by atoms with E-state index in [9.17, 15) is 14.4 Å². The second kappa shape index (κ2) is 8.14. The molecule has 0 unspecified atom stereocenters. The number of carbonyl (C=O) groups excluding carboxylic acids is 2. The highest BCUT2D eigenvalue weighted by Gasteiger charge is 2.21. The van der Waals surface area contributed by atoms with Crippen LogP contribution in [0.1, 0.15) is 40.7 Å². The molecule has 2 aromatic carbocycles. The largest absolute Gasteiger partial charge is 0.497 e. The quantitative estimate of drug-likeness (QED) is 0.667. The van der Waals surface area contributed by atoms with E-state index in [1.54, 1.807) is 36.4 Å². The fraction of sp³-hybridized carbons (Fsp3) is 0.238. The summed E-state index contributed by atoms with van der Waals surface area (Å²) in [6.07, 6.45) is 0. The predicted molar refractivity (Wildman–Crippen MR) is 109 cm³/mol. The van der Waals surface area contributed by atoms with E-state index in [1.807, 2.05) is 13.8 Å². The lowest BCUT2D eigenvalue weighted by Crippen LogP contribution is -2.29. The second-order valence-corrected chi connectivity index (χ2v) is 6.59. The number of nitrogens with zero attached hydrogens (tertiary/aromatic N) is 2. The zero-order valence-corrected chi connectivity index (χ0v) is 16.6. The van der Waals surface area contributed by atoms with Crippen molar-refractivity contribution in [3.05, 3.63) is 64.1 Å². The van der Waals surface area contributed by atoms with Gasteiger partial charge in [0.05, 0.1) is 36.9 Å². The van der Waals surface area contributed by atoms with Crippen LogP contribution in [-0.4, -0.2) is 35.9 Å². The molecule has 1 aromatic heterocycles. The first-order valence-corrected chi connectivity index (χ1v) is 8.96. The van der Waals surface area contributed by atoms with E-state index in [0.29, 0.717) is 16.5 Å². The van der Waals surface area contributed by atoms with Crippen molar-refractivity contribution in [1.29, 1.82) is 0 Å². The molecule has 0 bridgehead atoms. The van der Waals surface area contributed by atoms with Crippen LogP contribution in [0.15, 0.2) is 47.3 Å². The summed E-state index contributed by atoms with van der Waals surface area (Å²) in [7, 11) is 2.72. The van der Waals surface area contributed by atoms with Gasteiger partial charge in [0.2, 0.25) is 0 Å². The lowest BCUT2D eigenvalue weighted by atomic mass is 10.1. The molecule has 0 aliphatic rings. The molecule has 0 atom stereocenters. The molecule has 3 aromatic rings. The first kappa shape index (κ1) is 20.1. The Bertz CT molecular complexity index is 1150. The number of esters is 1. The number of amides is 1. The third kappa shape index (κ3) is 3.82. The molecular weight excluding hydrogens is 374 g/mol. The van der Waals surface area contributed by atoms with E-state index in [1.165, 1.54) is 25.0 Å². The molecular formula is C21H21N3O5. The molecule has 0 fully saturated rings. The standard InChI is InChI=1S/C21H21N3O5/c1-12(2)24-20(26)15-8-6-5-7-14(15)18(23-24)19(25)22-17-10-9-13(28-3)11-16(17)21(27)29-4/h5-12H,1-4H3,(H,22,25). The van der Waals surface area contributed by atoms with E-state index in [0.717, 1.165) is 0 Å². The highest BCUT2D eigenvalue weighted by Crippen LogP contribution is 2.24. The molecule has 29 heavy (non-hydrogen) atoms.